The molecule has 0 fully saturated rings. The fourth-order valence-electron chi connectivity index (χ4n) is 3.32. The SMILES string of the molecule is COc1ccc([C@H](CC(=O)OC(C)C)NC(=O)C[C@@H](NC(N)=O)c2cccc(C)c2)cc1. The second-order valence-corrected chi connectivity index (χ2v) is 7.82. The maximum Gasteiger partial charge on any atom is 0.312 e. The minimum Gasteiger partial charge on any atom is -0.497 e. The molecule has 4 N–H and O–H groups in total. The predicted octanol–water partition coefficient (Wildman–Crippen LogP) is 3.30. The lowest BCUT2D eigenvalue weighted by Crippen LogP contribution is -2.38. The summed E-state index contributed by atoms with van der Waals surface area (Å²) >= 11 is 0. The zero-order valence-corrected chi connectivity index (χ0v) is 18.9. The fraction of sp³-hybridized carbons (Fsp3) is 0.375. The maximum absolute atomic E-state index is 12.9. The summed E-state index contributed by atoms with van der Waals surface area (Å²) in [5.74, 6) is -0.108. The average molecular weight is 442 g/mol. The second-order valence-electron chi connectivity index (χ2n) is 7.82. The summed E-state index contributed by atoms with van der Waals surface area (Å²) in [7, 11) is 1.56. The van der Waals surface area contributed by atoms with Crippen molar-refractivity contribution in [2.45, 2.75) is 51.8 Å². The van der Waals surface area contributed by atoms with Gasteiger partial charge in [-0.2, -0.15) is 0 Å². The number of ether oxygens (including phenoxy) is 2. The molecule has 2 rings (SSSR count). The highest BCUT2D eigenvalue weighted by atomic mass is 16.5. The highest BCUT2D eigenvalue weighted by Gasteiger charge is 2.23. The molecule has 2 aromatic carbocycles. The van der Waals surface area contributed by atoms with Crippen LogP contribution in [0.2, 0.25) is 0 Å². The third-order valence-electron chi connectivity index (χ3n) is 4.74. The standard InChI is InChI=1S/C24H31N3O5/c1-15(2)32-23(29)14-21(17-8-10-19(31-4)11-9-17)26-22(28)13-20(27-24(25)30)18-7-5-6-16(3)12-18/h5-12,15,20-21H,13-14H2,1-4H3,(H,26,28)(H3,25,27,30)/t20-,21+/m1/s1. The number of esters is 1. The van der Waals surface area contributed by atoms with Gasteiger partial charge in [0.05, 0.1) is 38.1 Å². The van der Waals surface area contributed by atoms with E-state index in [0.717, 1.165) is 16.7 Å². The molecule has 0 bridgehead atoms. The number of carbonyl (C=O) groups excluding carboxylic acids is 3. The number of methoxy groups -OCH3 is 1. The molecular weight excluding hydrogens is 410 g/mol. The van der Waals surface area contributed by atoms with Crippen molar-refractivity contribution < 1.29 is 23.9 Å². The number of benzene rings is 2. The van der Waals surface area contributed by atoms with E-state index in [2.05, 4.69) is 10.6 Å². The molecule has 0 aromatic heterocycles. The lowest BCUT2D eigenvalue weighted by atomic mass is 9.99. The normalized spacial score (nSPS) is 12.5. The van der Waals surface area contributed by atoms with Crippen molar-refractivity contribution in [2.24, 2.45) is 5.73 Å². The highest BCUT2D eigenvalue weighted by Crippen LogP contribution is 2.23. The Morgan fingerprint density at radius 3 is 2.16 bits per heavy atom. The van der Waals surface area contributed by atoms with Gasteiger partial charge < -0.3 is 25.8 Å². The number of nitrogens with one attached hydrogen (secondary N) is 2. The Kier molecular flexibility index (Phi) is 9.07. The molecule has 32 heavy (non-hydrogen) atoms. The van der Waals surface area contributed by atoms with E-state index in [9.17, 15) is 14.4 Å². The van der Waals surface area contributed by atoms with Crippen molar-refractivity contribution in [3.63, 3.8) is 0 Å². The van der Waals surface area contributed by atoms with Crippen molar-refractivity contribution in [1.82, 2.24) is 10.6 Å². The van der Waals surface area contributed by atoms with Crippen LogP contribution in [0.15, 0.2) is 48.5 Å². The zero-order valence-electron chi connectivity index (χ0n) is 18.9. The number of aryl methyl sites for hydroxylation is 1. The van der Waals surface area contributed by atoms with Crippen LogP contribution < -0.4 is 21.1 Å². The van der Waals surface area contributed by atoms with Crippen LogP contribution in [0, 0.1) is 6.92 Å². The molecule has 0 spiro atoms. The van der Waals surface area contributed by atoms with Crippen molar-refractivity contribution in [2.75, 3.05) is 7.11 Å². The quantitative estimate of drug-likeness (QED) is 0.489. The molecule has 0 aliphatic rings. The van der Waals surface area contributed by atoms with E-state index in [4.69, 9.17) is 15.2 Å². The molecule has 2 atom stereocenters. The number of urea groups is 1. The third kappa shape index (κ3) is 7.94. The Hall–Kier alpha value is -3.55. The first-order valence-electron chi connectivity index (χ1n) is 10.4. The first kappa shape index (κ1) is 24.7. The average Bonchev–Trinajstić information content (AvgIpc) is 2.72. The Morgan fingerprint density at radius 2 is 1.59 bits per heavy atom. The first-order valence-corrected chi connectivity index (χ1v) is 10.4. The van der Waals surface area contributed by atoms with E-state index >= 15 is 0 Å². The Balaban J connectivity index is 2.20. The topological polar surface area (TPSA) is 120 Å². The van der Waals surface area contributed by atoms with Gasteiger partial charge in [-0.3, -0.25) is 9.59 Å². The highest BCUT2D eigenvalue weighted by molar-refractivity contribution is 5.80. The Labute approximate surface area is 188 Å². The van der Waals surface area contributed by atoms with Gasteiger partial charge in [0, 0.05) is 0 Å². The van der Waals surface area contributed by atoms with E-state index in [1.807, 2.05) is 31.2 Å². The van der Waals surface area contributed by atoms with Gasteiger partial charge in [0.25, 0.3) is 0 Å². The number of rotatable bonds is 10. The Bertz CT molecular complexity index is 927. The number of nitrogens with two attached hydrogens (primary N) is 1. The van der Waals surface area contributed by atoms with Gasteiger partial charge in [-0.25, -0.2) is 4.79 Å². The smallest absolute Gasteiger partial charge is 0.312 e. The predicted molar refractivity (Wildman–Crippen MR) is 121 cm³/mol. The van der Waals surface area contributed by atoms with Gasteiger partial charge in [-0.15, -0.1) is 0 Å². The summed E-state index contributed by atoms with van der Waals surface area (Å²) in [5.41, 5.74) is 7.81. The summed E-state index contributed by atoms with van der Waals surface area (Å²) in [6, 6.07) is 12.6. The van der Waals surface area contributed by atoms with Crippen LogP contribution in [0.4, 0.5) is 4.79 Å². The maximum atomic E-state index is 12.9. The largest absolute Gasteiger partial charge is 0.497 e. The fourth-order valence-corrected chi connectivity index (χ4v) is 3.32. The number of hydrogen-bond donors (Lipinski definition) is 3. The lowest BCUT2D eigenvalue weighted by molar-refractivity contribution is -0.148. The second kappa shape index (κ2) is 11.7. The third-order valence-corrected chi connectivity index (χ3v) is 4.74. The molecular formula is C24H31N3O5. The van der Waals surface area contributed by atoms with Gasteiger partial charge in [-0.05, 0) is 44.0 Å². The summed E-state index contributed by atoms with van der Waals surface area (Å²) in [6.45, 7) is 5.45. The van der Waals surface area contributed by atoms with Crippen molar-refractivity contribution in [1.29, 1.82) is 0 Å². The van der Waals surface area contributed by atoms with Crippen LogP contribution in [0.25, 0.3) is 0 Å². The summed E-state index contributed by atoms with van der Waals surface area (Å²) < 4.78 is 10.4. The number of hydrogen-bond acceptors (Lipinski definition) is 5. The number of amides is 3. The summed E-state index contributed by atoms with van der Waals surface area (Å²) in [5, 5.41) is 5.51. The number of carbonyl (C=O) groups is 3. The molecule has 3 amide bonds. The molecule has 8 heteroatoms. The zero-order chi connectivity index (χ0) is 23.7. The van der Waals surface area contributed by atoms with E-state index < -0.39 is 24.1 Å². The van der Waals surface area contributed by atoms with Gasteiger partial charge >= 0.3 is 12.0 Å². The molecule has 0 saturated carbocycles. The van der Waals surface area contributed by atoms with Gasteiger partial charge in [0.1, 0.15) is 5.75 Å². The minimum atomic E-state index is -0.725. The monoisotopic (exact) mass is 441 g/mol. The van der Waals surface area contributed by atoms with Gasteiger partial charge in [0.15, 0.2) is 0 Å². The van der Waals surface area contributed by atoms with E-state index in [1.165, 1.54) is 0 Å². The van der Waals surface area contributed by atoms with Crippen LogP contribution in [0.3, 0.4) is 0 Å². The molecule has 0 saturated heterocycles. The minimum absolute atomic E-state index is 0.0331. The molecule has 0 radical (unpaired) electrons. The Morgan fingerprint density at radius 1 is 0.938 bits per heavy atom. The molecule has 0 aliphatic heterocycles. The molecule has 172 valence electrons. The summed E-state index contributed by atoms with van der Waals surface area (Å²) in [6.07, 6.45) is -0.340. The van der Waals surface area contributed by atoms with Crippen LogP contribution >= 0.6 is 0 Å². The van der Waals surface area contributed by atoms with E-state index in [1.54, 1.807) is 45.2 Å². The van der Waals surface area contributed by atoms with E-state index in [-0.39, 0.29) is 24.9 Å². The van der Waals surface area contributed by atoms with Crippen LogP contribution in [0.1, 0.15) is 55.5 Å². The number of primary amides is 1. The van der Waals surface area contributed by atoms with Gasteiger partial charge in [0.2, 0.25) is 5.91 Å². The van der Waals surface area contributed by atoms with Crippen LogP contribution in [0.5, 0.6) is 5.75 Å². The van der Waals surface area contributed by atoms with Crippen LogP contribution in [-0.4, -0.2) is 31.1 Å². The van der Waals surface area contributed by atoms with Crippen molar-refractivity contribution >= 4 is 17.9 Å². The van der Waals surface area contributed by atoms with Gasteiger partial charge in [-0.1, -0.05) is 42.0 Å². The summed E-state index contributed by atoms with van der Waals surface area (Å²) in [4.78, 5) is 36.7. The molecule has 0 unspecified atom stereocenters. The molecule has 8 nitrogen and oxygen atoms in total. The molecule has 0 heterocycles. The molecule has 2 aromatic rings. The van der Waals surface area contributed by atoms with Crippen molar-refractivity contribution in [3.05, 3.63) is 65.2 Å². The molecule has 0 aliphatic carbocycles. The lowest BCUT2D eigenvalue weighted by Gasteiger charge is -2.22. The van der Waals surface area contributed by atoms with Crippen LogP contribution in [-0.2, 0) is 14.3 Å². The van der Waals surface area contributed by atoms with E-state index in [0.29, 0.717) is 5.75 Å². The van der Waals surface area contributed by atoms with Crippen molar-refractivity contribution in [3.8, 4) is 5.75 Å². The first-order chi connectivity index (χ1) is 15.2.